The molecule has 0 N–H and O–H groups in total. The van der Waals surface area contributed by atoms with Crippen LogP contribution in [0.2, 0.25) is 0 Å². The topological polar surface area (TPSA) is 31.3 Å². The van der Waals surface area contributed by atoms with Gasteiger partial charge in [-0.25, -0.2) is 14.0 Å². The Morgan fingerprint density at radius 3 is 1.85 bits per heavy atom. The molecule has 0 saturated carbocycles. The summed E-state index contributed by atoms with van der Waals surface area (Å²) < 4.78 is 6.37. The number of benzene rings is 1. The summed E-state index contributed by atoms with van der Waals surface area (Å²) in [5, 5.41) is 0. The molecular formula is C14H27N4OP. The first-order valence-corrected chi connectivity index (χ1v) is 8.21. The molecule has 0 bridgehead atoms. The van der Waals surface area contributed by atoms with Gasteiger partial charge < -0.3 is 4.84 Å². The summed E-state index contributed by atoms with van der Waals surface area (Å²) >= 11 is 0. The highest BCUT2D eigenvalue weighted by Gasteiger charge is 2.30. The maximum absolute atomic E-state index is 5.82. The van der Waals surface area contributed by atoms with Gasteiger partial charge in [0.2, 0.25) is 7.51 Å². The fourth-order valence-corrected chi connectivity index (χ4v) is 5.00. The molecule has 1 rings (SSSR count). The molecule has 1 aromatic rings. The van der Waals surface area contributed by atoms with Crippen LogP contribution < -0.4 is 4.84 Å². The van der Waals surface area contributed by atoms with Crippen molar-refractivity contribution < 1.29 is 4.84 Å². The molecule has 0 atom stereocenters. The second kappa shape index (κ2) is 6.72. The van der Waals surface area contributed by atoms with Crippen molar-refractivity contribution in [3.05, 3.63) is 29.3 Å². The molecule has 6 heteroatoms. The molecule has 0 aromatic heterocycles. The van der Waals surface area contributed by atoms with Gasteiger partial charge >= 0.3 is 0 Å². The van der Waals surface area contributed by atoms with E-state index >= 15 is 0 Å². The molecule has 0 heterocycles. The quantitative estimate of drug-likeness (QED) is 0.617. The summed E-state index contributed by atoms with van der Waals surface area (Å²) in [6.45, 7) is 4.13. The van der Waals surface area contributed by atoms with E-state index in [1.807, 2.05) is 54.4 Å². The summed E-state index contributed by atoms with van der Waals surface area (Å²) in [7, 11) is 10.2. The fourth-order valence-electron chi connectivity index (χ4n) is 2.21. The lowest BCUT2D eigenvalue weighted by molar-refractivity contribution is 0.322. The number of rotatable bonds is 5. The van der Waals surface area contributed by atoms with Crippen molar-refractivity contribution in [2.24, 2.45) is 4.91 Å². The predicted molar refractivity (Wildman–Crippen MR) is 87.0 cm³/mol. The first-order chi connectivity index (χ1) is 9.23. The van der Waals surface area contributed by atoms with Crippen molar-refractivity contribution in [3.63, 3.8) is 0 Å². The van der Waals surface area contributed by atoms with E-state index < -0.39 is 7.51 Å². The Morgan fingerprint density at radius 1 is 0.900 bits per heavy atom. The normalized spacial score (nSPS) is 12.3. The Labute approximate surface area is 123 Å². The average molecular weight is 298 g/mol. The van der Waals surface area contributed by atoms with Crippen LogP contribution in [0.25, 0.3) is 0 Å². The van der Waals surface area contributed by atoms with Gasteiger partial charge in [0.1, 0.15) is 0 Å². The molecule has 0 aliphatic carbocycles. The van der Waals surface area contributed by atoms with Gasteiger partial charge in [-0.2, -0.15) is 0 Å². The van der Waals surface area contributed by atoms with Crippen LogP contribution in [-0.2, 0) is 0 Å². The van der Waals surface area contributed by atoms with E-state index in [1.54, 1.807) is 0 Å². The highest BCUT2D eigenvalue weighted by Crippen LogP contribution is 2.54. The van der Waals surface area contributed by atoms with Gasteiger partial charge in [-0.15, -0.1) is 0 Å². The average Bonchev–Trinajstić information content (AvgIpc) is 2.33. The molecule has 5 nitrogen and oxygen atoms in total. The fraction of sp³-hybridized carbons (Fsp3) is 0.571. The number of aryl methyl sites for hydroxylation is 1. The lowest BCUT2D eigenvalue weighted by Gasteiger charge is -2.39. The van der Waals surface area contributed by atoms with Crippen molar-refractivity contribution >= 4 is 7.51 Å². The monoisotopic (exact) mass is 298 g/mol. The second-order valence-corrected chi connectivity index (χ2v) is 9.09. The van der Waals surface area contributed by atoms with E-state index in [2.05, 4.69) is 38.8 Å². The van der Waals surface area contributed by atoms with Crippen LogP contribution in [0.4, 0.5) is 0 Å². The van der Waals surface area contributed by atoms with E-state index in [9.17, 15) is 0 Å². The summed E-state index contributed by atoms with van der Waals surface area (Å²) in [6, 6.07) is 6.03. The third-order valence-corrected chi connectivity index (χ3v) is 6.93. The molecule has 1 aromatic carbocycles. The van der Waals surface area contributed by atoms with Gasteiger partial charge in [0.05, 0.1) is 0 Å². The first kappa shape index (κ1) is 17.2. The molecule has 0 fully saturated rings. The highest BCUT2D eigenvalue weighted by molar-refractivity contribution is 7.58. The highest BCUT2D eigenvalue weighted by atomic mass is 31.2. The standard InChI is InChI=1S/C14H27N4OP/c1-12-10-9-11-14(13(12)2)19-15-20(16(3)4,17(5)6)18(7)8/h9-11H,1-8H3. The SMILES string of the molecule is Cc1cccc(ON=P(N(C)C)(N(C)C)N(C)C)c1C. The van der Waals surface area contributed by atoms with Crippen LogP contribution in [0.5, 0.6) is 5.75 Å². The zero-order chi connectivity index (χ0) is 15.5. The first-order valence-electron chi connectivity index (χ1n) is 6.61. The zero-order valence-electron chi connectivity index (χ0n) is 13.9. The summed E-state index contributed by atoms with van der Waals surface area (Å²) in [5.41, 5.74) is 2.34. The molecular weight excluding hydrogens is 271 g/mol. The van der Waals surface area contributed by atoms with Crippen molar-refractivity contribution in [3.8, 4) is 5.75 Å². The molecule has 0 spiro atoms. The van der Waals surface area contributed by atoms with Gasteiger partial charge in [0.15, 0.2) is 5.75 Å². The molecule has 114 valence electrons. The van der Waals surface area contributed by atoms with Crippen LogP contribution in [-0.4, -0.2) is 56.3 Å². The zero-order valence-corrected chi connectivity index (χ0v) is 14.8. The summed E-state index contributed by atoms with van der Waals surface area (Å²) in [6.07, 6.45) is 0. The minimum absolute atomic E-state index is 0.819. The van der Waals surface area contributed by atoms with E-state index in [1.165, 1.54) is 5.56 Å². The van der Waals surface area contributed by atoms with Gasteiger partial charge in [-0.1, -0.05) is 17.0 Å². The van der Waals surface area contributed by atoms with Crippen molar-refractivity contribution in [1.82, 2.24) is 14.0 Å². The maximum Gasteiger partial charge on any atom is 0.210 e. The van der Waals surface area contributed by atoms with E-state index in [-0.39, 0.29) is 0 Å². The lowest BCUT2D eigenvalue weighted by Crippen LogP contribution is -2.31. The minimum atomic E-state index is -2.01. The van der Waals surface area contributed by atoms with Crippen molar-refractivity contribution in [2.45, 2.75) is 13.8 Å². The minimum Gasteiger partial charge on any atom is -0.354 e. The largest absolute Gasteiger partial charge is 0.354 e. The van der Waals surface area contributed by atoms with Crippen LogP contribution >= 0.6 is 7.51 Å². The predicted octanol–water partition coefficient (Wildman–Crippen LogP) is 3.23. The molecule has 0 amide bonds. The van der Waals surface area contributed by atoms with E-state index in [0.717, 1.165) is 11.3 Å². The molecule has 0 saturated heterocycles. The van der Waals surface area contributed by atoms with E-state index in [4.69, 9.17) is 4.84 Å². The van der Waals surface area contributed by atoms with Gasteiger partial charge in [0.25, 0.3) is 0 Å². The van der Waals surface area contributed by atoms with Gasteiger partial charge in [-0.3, -0.25) is 0 Å². The summed E-state index contributed by atoms with van der Waals surface area (Å²) in [5.74, 6) is 0.819. The Morgan fingerprint density at radius 2 is 1.40 bits per heavy atom. The van der Waals surface area contributed by atoms with Crippen LogP contribution in [0, 0.1) is 13.8 Å². The Bertz CT molecular complexity index is 483. The Hall–Kier alpha value is -0.870. The summed E-state index contributed by atoms with van der Waals surface area (Å²) in [4.78, 5) is 10.4. The second-order valence-electron chi connectivity index (χ2n) is 5.45. The molecule has 0 aliphatic heterocycles. The van der Waals surface area contributed by atoms with Crippen molar-refractivity contribution in [2.75, 3.05) is 42.3 Å². The van der Waals surface area contributed by atoms with E-state index in [0.29, 0.717) is 0 Å². The maximum atomic E-state index is 5.82. The molecule has 0 radical (unpaired) electrons. The molecule has 0 unspecified atom stereocenters. The Kier molecular flexibility index (Phi) is 5.78. The van der Waals surface area contributed by atoms with Crippen molar-refractivity contribution in [1.29, 1.82) is 0 Å². The van der Waals surface area contributed by atoms with Crippen LogP contribution in [0.1, 0.15) is 11.1 Å². The number of hydrogen-bond donors (Lipinski definition) is 0. The number of hydrogen-bond acceptors (Lipinski definition) is 2. The number of nitrogens with zero attached hydrogens (tertiary/aromatic N) is 4. The molecule has 20 heavy (non-hydrogen) atoms. The third-order valence-electron chi connectivity index (χ3n) is 3.41. The van der Waals surface area contributed by atoms with Gasteiger partial charge in [0, 0.05) is 0 Å². The third kappa shape index (κ3) is 3.23. The molecule has 0 aliphatic rings. The lowest BCUT2D eigenvalue weighted by atomic mass is 10.1. The van der Waals surface area contributed by atoms with Crippen LogP contribution in [0.15, 0.2) is 23.1 Å². The van der Waals surface area contributed by atoms with Gasteiger partial charge in [-0.05, 0) is 73.3 Å². The van der Waals surface area contributed by atoms with Crippen LogP contribution in [0.3, 0.4) is 0 Å². The Balaban J connectivity index is 3.25. The smallest absolute Gasteiger partial charge is 0.210 e.